The molecule has 2 aliphatic rings. The largest absolute Gasteiger partial charge is 0.469 e. The molecule has 2 aliphatic heterocycles. The first-order valence-electron chi connectivity index (χ1n) is 6.07. The fourth-order valence-electron chi connectivity index (χ4n) is 2.51. The number of hydrogen-bond donors (Lipinski definition) is 0. The van der Waals surface area contributed by atoms with Crippen molar-refractivity contribution in [2.24, 2.45) is 0 Å². The maximum Gasteiger partial charge on any atom is 0.308 e. The van der Waals surface area contributed by atoms with E-state index >= 15 is 0 Å². The van der Waals surface area contributed by atoms with Gasteiger partial charge in [0.1, 0.15) is 0 Å². The Labute approximate surface area is 106 Å². The van der Waals surface area contributed by atoms with E-state index in [0.717, 1.165) is 0 Å². The maximum absolute atomic E-state index is 11.1. The van der Waals surface area contributed by atoms with Crippen molar-refractivity contribution in [2.75, 3.05) is 14.2 Å². The minimum atomic E-state index is -0.272. The summed E-state index contributed by atoms with van der Waals surface area (Å²) >= 11 is 0. The molecule has 2 heterocycles. The van der Waals surface area contributed by atoms with Crippen LogP contribution >= 0.6 is 0 Å². The highest BCUT2D eigenvalue weighted by Gasteiger charge is 2.44. The van der Waals surface area contributed by atoms with E-state index in [-0.39, 0.29) is 49.2 Å². The zero-order chi connectivity index (χ0) is 13.1. The predicted octanol–water partition coefficient (Wildman–Crippen LogP) is 0.428. The van der Waals surface area contributed by atoms with E-state index in [1.165, 1.54) is 14.2 Å². The van der Waals surface area contributed by atoms with Crippen LogP contribution in [0.5, 0.6) is 0 Å². The molecular formula is C12H18O6. The average molecular weight is 258 g/mol. The first kappa shape index (κ1) is 13.3. The summed E-state index contributed by atoms with van der Waals surface area (Å²) < 4.78 is 20.7. The van der Waals surface area contributed by atoms with Gasteiger partial charge < -0.3 is 18.9 Å². The second kappa shape index (κ2) is 5.67. The zero-order valence-electron chi connectivity index (χ0n) is 10.6. The Hall–Kier alpha value is -1.14. The van der Waals surface area contributed by atoms with Crippen molar-refractivity contribution < 1.29 is 28.5 Å². The molecular weight excluding hydrogens is 240 g/mol. The number of methoxy groups -OCH3 is 2. The SMILES string of the molecule is COC(=O)C[C@@H]1C[C@H]2O[C@@H](CC(=O)OC)C[C@H]2O1. The summed E-state index contributed by atoms with van der Waals surface area (Å²) in [5.41, 5.74) is 0. The minimum Gasteiger partial charge on any atom is -0.469 e. The van der Waals surface area contributed by atoms with Gasteiger partial charge in [0.2, 0.25) is 0 Å². The van der Waals surface area contributed by atoms with E-state index in [1.54, 1.807) is 0 Å². The van der Waals surface area contributed by atoms with Crippen LogP contribution < -0.4 is 0 Å². The molecule has 6 heteroatoms. The van der Waals surface area contributed by atoms with E-state index in [2.05, 4.69) is 9.47 Å². The van der Waals surface area contributed by atoms with E-state index in [9.17, 15) is 9.59 Å². The highest BCUT2D eigenvalue weighted by Crippen LogP contribution is 2.36. The lowest BCUT2D eigenvalue weighted by molar-refractivity contribution is -0.143. The molecule has 0 radical (unpaired) electrons. The Bertz CT molecular complexity index is 285. The summed E-state index contributed by atoms with van der Waals surface area (Å²) in [6, 6.07) is 0. The number of esters is 2. The molecule has 102 valence electrons. The molecule has 18 heavy (non-hydrogen) atoms. The highest BCUT2D eigenvalue weighted by molar-refractivity contribution is 5.70. The Morgan fingerprint density at radius 3 is 1.67 bits per heavy atom. The fraction of sp³-hybridized carbons (Fsp3) is 0.833. The minimum absolute atomic E-state index is 0.0192. The molecule has 0 spiro atoms. The summed E-state index contributed by atoms with van der Waals surface area (Å²) in [6.07, 6.45) is 1.57. The smallest absolute Gasteiger partial charge is 0.308 e. The molecule has 2 fully saturated rings. The average Bonchev–Trinajstić information content (AvgIpc) is 2.86. The molecule has 0 saturated carbocycles. The van der Waals surface area contributed by atoms with E-state index in [0.29, 0.717) is 12.8 Å². The molecule has 0 aromatic heterocycles. The van der Waals surface area contributed by atoms with Crippen molar-refractivity contribution in [2.45, 2.75) is 50.1 Å². The molecule has 0 N–H and O–H groups in total. The quantitative estimate of drug-likeness (QED) is 0.681. The van der Waals surface area contributed by atoms with Crippen LogP contribution in [0.1, 0.15) is 25.7 Å². The third-order valence-electron chi connectivity index (χ3n) is 3.38. The summed E-state index contributed by atoms with van der Waals surface area (Å²) in [6.45, 7) is 0. The van der Waals surface area contributed by atoms with Crippen LogP contribution in [0.2, 0.25) is 0 Å². The van der Waals surface area contributed by atoms with Gasteiger partial charge in [-0.05, 0) is 0 Å². The predicted molar refractivity (Wildman–Crippen MR) is 59.8 cm³/mol. The lowest BCUT2D eigenvalue weighted by Crippen LogP contribution is -2.20. The summed E-state index contributed by atoms with van der Waals surface area (Å²) in [7, 11) is 2.72. The normalized spacial score (nSPS) is 34.1. The van der Waals surface area contributed by atoms with Crippen LogP contribution in [0.15, 0.2) is 0 Å². The number of hydrogen-bond acceptors (Lipinski definition) is 6. The topological polar surface area (TPSA) is 71.1 Å². The second-order valence-electron chi connectivity index (χ2n) is 4.63. The first-order valence-corrected chi connectivity index (χ1v) is 6.07. The van der Waals surface area contributed by atoms with Crippen LogP contribution in [0.25, 0.3) is 0 Å². The molecule has 0 aliphatic carbocycles. The molecule has 6 nitrogen and oxygen atoms in total. The van der Waals surface area contributed by atoms with E-state index < -0.39 is 0 Å². The summed E-state index contributed by atoms with van der Waals surface area (Å²) in [5.74, 6) is -0.544. The fourth-order valence-corrected chi connectivity index (χ4v) is 2.51. The molecule has 0 aromatic rings. The van der Waals surface area contributed by atoms with Crippen molar-refractivity contribution in [1.82, 2.24) is 0 Å². The molecule has 0 unspecified atom stereocenters. The van der Waals surface area contributed by atoms with E-state index in [1.807, 2.05) is 0 Å². The molecule has 0 amide bonds. The highest BCUT2D eigenvalue weighted by atomic mass is 16.6. The van der Waals surface area contributed by atoms with Crippen LogP contribution in [-0.4, -0.2) is 50.6 Å². The van der Waals surface area contributed by atoms with Crippen LogP contribution in [0, 0.1) is 0 Å². The zero-order valence-corrected chi connectivity index (χ0v) is 10.6. The van der Waals surface area contributed by atoms with Gasteiger partial charge >= 0.3 is 11.9 Å². The van der Waals surface area contributed by atoms with Crippen molar-refractivity contribution in [3.8, 4) is 0 Å². The van der Waals surface area contributed by atoms with Gasteiger partial charge in [-0.1, -0.05) is 0 Å². The van der Waals surface area contributed by atoms with Gasteiger partial charge in [0.15, 0.2) is 0 Å². The van der Waals surface area contributed by atoms with E-state index in [4.69, 9.17) is 9.47 Å². The van der Waals surface area contributed by atoms with Crippen LogP contribution in [0.3, 0.4) is 0 Å². The Balaban J connectivity index is 1.77. The Morgan fingerprint density at radius 2 is 1.33 bits per heavy atom. The van der Waals surface area contributed by atoms with Crippen molar-refractivity contribution in [3.05, 3.63) is 0 Å². The summed E-state index contributed by atoms with van der Waals surface area (Å²) in [4.78, 5) is 22.3. The van der Waals surface area contributed by atoms with Gasteiger partial charge in [-0.15, -0.1) is 0 Å². The molecule has 0 bridgehead atoms. The van der Waals surface area contributed by atoms with Crippen molar-refractivity contribution in [1.29, 1.82) is 0 Å². The number of ether oxygens (including phenoxy) is 4. The number of fused-ring (bicyclic) bond motifs is 1. The lowest BCUT2D eigenvalue weighted by Gasteiger charge is -2.13. The number of carbonyl (C=O) groups excluding carboxylic acids is 2. The molecule has 4 atom stereocenters. The second-order valence-corrected chi connectivity index (χ2v) is 4.63. The maximum atomic E-state index is 11.1. The Morgan fingerprint density at radius 1 is 0.944 bits per heavy atom. The Kier molecular flexibility index (Phi) is 4.19. The van der Waals surface area contributed by atoms with Gasteiger partial charge in [-0.25, -0.2) is 0 Å². The number of rotatable bonds is 4. The first-order chi connectivity index (χ1) is 8.62. The van der Waals surface area contributed by atoms with Gasteiger partial charge in [0, 0.05) is 12.8 Å². The van der Waals surface area contributed by atoms with Crippen LogP contribution in [0.4, 0.5) is 0 Å². The number of carbonyl (C=O) groups is 2. The van der Waals surface area contributed by atoms with Gasteiger partial charge in [-0.2, -0.15) is 0 Å². The van der Waals surface area contributed by atoms with Crippen LogP contribution in [-0.2, 0) is 28.5 Å². The molecule has 2 saturated heterocycles. The van der Waals surface area contributed by atoms with Gasteiger partial charge in [0.25, 0.3) is 0 Å². The standard InChI is InChI=1S/C12H18O6/c1-15-11(13)5-7-3-9-10(17-7)4-8(18-9)6-12(14)16-2/h7-10H,3-6H2,1-2H3/t7-,8+,9-,10-/m1/s1. The molecule has 0 aromatic carbocycles. The summed E-state index contributed by atoms with van der Waals surface area (Å²) in [5, 5.41) is 0. The van der Waals surface area contributed by atoms with Gasteiger partial charge in [-0.3, -0.25) is 9.59 Å². The van der Waals surface area contributed by atoms with Gasteiger partial charge in [0.05, 0.1) is 51.5 Å². The van der Waals surface area contributed by atoms with Crippen molar-refractivity contribution in [3.63, 3.8) is 0 Å². The van der Waals surface area contributed by atoms with Crippen molar-refractivity contribution >= 4 is 11.9 Å². The third-order valence-corrected chi connectivity index (χ3v) is 3.38. The third kappa shape index (κ3) is 3.00. The lowest BCUT2D eigenvalue weighted by atomic mass is 10.1. The molecule has 2 rings (SSSR count). The monoisotopic (exact) mass is 258 g/mol.